The molecule has 0 saturated heterocycles. The van der Waals surface area contributed by atoms with Gasteiger partial charge in [-0.05, 0) is 48.5 Å². The van der Waals surface area contributed by atoms with Crippen molar-refractivity contribution >= 4 is 66.9 Å². The quantitative estimate of drug-likeness (QED) is 0.228. The molecule has 0 unspecified atom stereocenters. The minimum absolute atomic E-state index is 0.0375. The number of anilines is 1. The van der Waals surface area contributed by atoms with E-state index in [1.807, 2.05) is 0 Å². The minimum Gasteiger partial charge on any atom is -0.378 e. The molecule has 0 aliphatic heterocycles. The lowest BCUT2D eigenvalue weighted by Crippen LogP contribution is -2.14. The van der Waals surface area contributed by atoms with Crippen LogP contribution in [0.5, 0.6) is 5.75 Å². The van der Waals surface area contributed by atoms with Crippen LogP contribution in [0.2, 0.25) is 10.0 Å². The summed E-state index contributed by atoms with van der Waals surface area (Å²) in [5.74, 6) is -0.840. The van der Waals surface area contributed by atoms with Crippen molar-refractivity contribution in [2.45, 2.75) is 4.90 Å². The molecule has 0 atom stereocenters. The molecule has 0 aliphatic carbocycles. The van der Waals surface area contributed by atoms with Gasteiger partial charge in [0.2, 0.25) is 0 Å². The van der Waals surface area contributed by atoms with Crippen molar-refractivity contribution in [1.29, 1.82) is 5.26 Å². The van der Waals surface area contributed by atoms with Gasteiger partial charge in [-0.15, -0.1) is 0 Å². The van der Waals surface area contributed by atoms with Gasteiger partial charge in [-0.25, -0.2) is 0 Å². The van der Waals surface area contributed by atoms with E-state index in [0.717, 1.165) is 0 Å². The number of nitrogens with zero attached hydrogens (tertiary/aromatic N) is 1. The van der Waals surface area contributed by atoms with Crippen LogP contribution >= 0.6 is 39.1 Å². The first-order valence-electron chi connectivity index (χ1n) is 8.87. The van der Waals surface area contributed by atoms with E-state index in [-0.39, 0.29) is 37.5 Å². The molecule has 0 bridgehead atoms. The van der Waals surface area contributed by atoms with Gasteiger partial charge >= 0.3 is 10.1 Å². The maximum Gasteiger partial charge on any atom is 0.339 e. The second-order valence-electron chi connectivity index (χ2n) is 6.25. The molecular weight excluding hydrogens is 539 g/mol. The Morgan fingerprint density at radius 2 is 1.69 bits per heavy atom. The summed E-state index contributed by atoms with van der Waals surface area (Å²) in [5.41, 5.74) is 0.0243. The number of hydrogen-bond donors (Lipinski definition) is 1. The van der Waals surface area contributed by atoms with Gasteiger partial charge in [-0.3, -0.25) is 4.79 Å². The van der Waals surface area contributed by atoms with Gasteiger partial charge in [0.05, 0.1) is 15.7 Å². The highest BCUT2D eigenvalue weighted by atomic mass is 79.9. The third-order valence-corrected chi connectivity index (χ3v) is 6.44. The van der Waals surface area contributed by atoms with E-state index in [0.29, 0.717) is 4.47 Å². The van der Waals surface area contributed by atoms with Gasteiger partial charge in [0, 0.05) is 10.0 Å². The molecule has 0 spiro atoms. The second kappa shape index (κ2) is 10.2. The summed E-state index contributed by atoms with van der Waals surface area (Å²) in [7, 11) is -4.13. The lowest BCUT2D eigenvalue weighted by molar-refractivity contribution is -0.112. The van der Waals surface area contributed by atoms with Crippen LogP contribution in [0.15, 0.2) is 81.7 Å². The fourth-order valence-electron chi connectivity index (χ4n) is 2.56. The third-order valence-electron chi connectivity index (χ3n) is 4.07. The van der Waals surface area contributed by atoms with E-state index >= 15 is 0 Å². The van der Waals surface area contributed by atoms with Crippen LogP contribution in [-0.2, 0) is 14.9 Å². The number of halogens is 3. The van der Waals surface area contributed by atoms with E-state index in [4.69, 9.17) is 27.4 Å². The summed E-state index contributed by atoms with van der Waals surface area (Å²) in [6.45, 7) is 0. The molecule has 1 amide bonds. The van der Waals surface area contributed by atoms with Crippen LogP contribution in [0, 0.1) is 11.3 Å². The van der Waals surface area contributed by atoms with Crippen LogP contribution in [0.3, 0.4) is 0 Å². The number of para-hydroxylation sites is 1. The zero-order valence-electron chi connectivity index (χ0n) is 16.1. The van der Waals surface area contributed by atoms with Crippen molar-refractivity contribution in [2.75, 3.05) is 5.32 Å². The largest absolute Gasteiger partial charge is 0.378 e. The Morgan fingerprint density at radius 3 is 2.31 bits per heavy atom. The Balaban J connectivity index is 1.97. The number of rotatable bonds is 6. The van der Waals surface area contributed by atoms with Crippen molar-refractivity contribution in [3.05, 3.63) is 92.4 Å². The summed E-state index contributed by atoms with van der Waals surface area (Å²) < 4.78 is 31.1. The van der Waals surface area contributed by atoms with E-state index in [2.05, 4.69) is 21.2 Å². The van der Waals surface area contributed by atoms with Gasteiger partial charge in [0.25, 0.3) is 5.91 Å². The summed E-state index contributed by atoms with van der Waals surface area (Å²) in [4.78, 5) is 12.6. The van der Waals surface area contributed by atoms with E-state index in [9.17, 15) is 18.5 Å². The van der Waals surface area contributed by atoms with Crippen LogP contribution in [0.4, 0.5) is 5.69 Å². The normalized spacial score (nSPS) is 11.5. The zero-order valence-corrected chi connectivity index (χ0v) is 20.0. The predicted octanol–water partition coefficient (Wildman–Crippen LogP) is 6.07. The highest BCUT2D eigenvalue weighted by Gasteiger charge is 2.20. The molecule has 3 aromatic rings. The smallest absolute Gasteiger partial charge is 0.339 e. The highest BCUT2D eigenvalue weighted by Crippen LogP contribution is 2.31. The number of nitrogens with one attached hydrogen (secondary N) is 1. The zero-order chi connectivity index (χ0) is 23.3. The van der Waals surface area contributed by atoms with Gasteiger partial charge in [-0.2, -0.15) is 13.7 Å². The Labute approximate surface area is 203 Å². The lowest BCUT2D eigenvalue weighted by atomic mass is 10.1. The number of hydrogen-bond acceptors (Lipinski definition) is 5. The molecule has 0 fully saturated rings. The van der Waals surface area contributed by atoms with E-state index in [1.54, 1.807) is 36.4 Å². The first-order valence-corrected chi connectivity index (χ1v) is 11.8. The molecule has 0 radical (unpaired) electrons. The summed E-state index contributed by atoms with van der Waals surface area (Å²) >= 11 is 15.4. The summed E-state index contributed by atoms with van der Waals surface area (Å²) in [5, 5.41) is 12.4. The number of amides is 1. The van der Waals surface area contributed by atoms with Gasteiger partial charge in [0.1, 0.15) is 22.3 Å². The monoisotopic (exact) mass is 550 g/mol. The predicted molar refractivity (Wildman–Crippen MR) is 127 cm³/mol. The van der Waals surface area contributed by atoms with E-state index in [1.165, 1.54) is 42.5 Å². The molecule has 0 saturated carbocycles. The number of benzene rings is 3. The SMILES string of the molecule is N#C/C(=C\c1cc(Br)ccc1OS(=O)(=O)c1ccccc1)C(=O)Nc1c(Cl)cccc1Cl. The molecule has 1 N–H and O–H groups in total. The van der Waals surface area contributed by atoms with Crippen molar-refractivity contribution < 1.29 is 17.4 Å². The average molecular weight is 552 g/mol. The fraction of sp³-hybridized carbons (Fsp3) is 0. The molecule has 32 heavy (non-hydrogen) atoms. The van der Waals surface area contributed by atoms with Crippen LogP contribution in [0.1, 0.15) is 5.56 Å². The third kappa shape index (κ3) is 5.69. The molecule has 10 heteroatoms. The van der Waals surface area contributed by atoms with Crippen molar-refractivity contribution in [1.82, 2.24) is 0 Å². The fourth-order valence-corrected chi connectivity index (χ4v) is 4.41. The molecule has 162 valence electrons. The Hall–Kier alpha value is -2.83. The summed E-state index contributed by atoms with van der Waals surface area (Å²) in [6, 6.07) is 18.6. The first kappa shape index (κ1) is 23.8. The van der Waals surface area contributed by atoms with Gasteiger partial charge in [-0.1, -0.05) is 63.4 Å². The van der Waals surface area contributed by atoms with Gasteiger partial charge in [0.15, 0.2) is 0 Å². The Bertz CT molecular complexity index is 1330. The van der Waals surface area contributed by atoms with E-state index < -0.39 is 16.0 Å². The maximum absolute atomic E-state index is 12.7. The van der Waals surface area contributed by atoms with Crippen LogP contribution in [0.25, 0.3) is 6.08 Å². The molecule has 3 rings (SSSR count). The maximum atomic E-state index is 12.7. The molecule has 6 nitrogen and oxygen atoms in total. The molecule has 0 heterocycles. The highest BCUT2D eigenvalue weighted by molar-refractivity contribution is 9.10. The number of carbonyl (C=O) groups excluding carboxylic acids is 1. The molecule has 3 aromatic carbocycles. The average Bonchev–Trinajstić information content (AvgIpc) is 2.76. The number of nitriles is 1. The van der Waals surface area contributed by atoms with Gasteiger partial charge < -0.3 is 9.50 Å². The molecule has 0 aromatic heterocycles. The summed E-state index contributed by atoms with van der Waals surface area (Å²) in [6.07, 6.45) is 1.21. The second-order valence-corrected chi connectivity index (χ2v) is 9.53. The Kier molecular flexibility index (Phi) is 7.59. The minimum atomic E-state index is -4.13. The first-order chi connectivity index (χ1) is 15.2. The van der Waals surface area contributed by atoms with Crippen molar-refractivity contribution in [2.24, 2.45) is 0 Å². The molecule has 0 aliphatic rings. The van der Waals surface area contributed by atoms with Crippen molar-refractivity contribution in [3.63, 3.8) is 0 Å². The standard InChI is InChI=1S/C22H13BrCl2N2O4S/c23-16-9-10-20(31-32(29,30)17-5-2-1-3-6-17)14(12-16)11-15(13-26)22(28)27-21-18(24)7-4-8-19(21)25/h1-12H,(H,27,28)/b15-11+. The van der Waals surface area contributed by atoms with Crippen LogP contribution in [-0.4, -0.2) is 14.3 Å². The topological polar surface area (TPSA) is 96.3 Å². The Morgan fingerprint density at radius 1 is 1.03 bits per heavy atom. The van der Waals surface area contributed by atoms with Crippen LogP contribution < -0.4 is 9.50 Å². The van der Waals surface area contributed by atoms with Crippen molar-refractivity contribution in [3.8, 4) is 11.8 Å². The lowest BCUT2D eigenvalue weighted by Gasteiger charge is -2.11. The molecular formula is C22H13BrCl2N2O4S. The number of carbonyl (C=O) groups is 1.